The van der Waals surface area contributed by atoms with Gasteiger partial charge in [-0.1, -0.05) is 36.4 Å². The predicted octanol–water partition coefficient (Wildman–Crippen LogP) is 1.91. The number of anilines is 2. The number of hydrogen-bond donors (Lipinski definition) is 3. The van der Waals surface area contributed by atoms with Crippen molar-refractivity contribution in [2.75, 3.05) is 18.1 Å². The Bertz CT molecular complexity index is 793. The van der Waals surface area contributed by atoms with Crippen LogP contribution in [0, 0.1) is 0 Å². The number of ether oxygens (including phenoxy) is 1. The zero-order chi connectivity index (χ0) is 15.5. The van der Waals surface area contributed by atoms with Crippen molar-refractivity contribution >= 4 is 22.7 Å². The summed E-state index contributed by atoms with van der Waals surface area (Å²) in [5.74, 6) is 0.879. The summed E-state index contributed by atoms with van der Waals surface area (Å²) in [5.41, 5.74) is 13.0. The number of nitrogens with two attached hydrogens (primary N) is 2. The lowest BCUT2D eigenvalue weighted by atomic mass is 10.1. The maximum absolute atomic E-state index is 9.62. The van der Waals surface area contributed by atoms with E-state index in [1.54, 1.807) is 18.2 Å². The van der Waals surface area contributed by atoms with Gasteiger partial charge in [0.2, 0.25) is 5.95 Å². The molecule has 1 heterocycles. The minimum atomic E-state index is -0.497. The summed E-state index contributed by atoms with van der Waals surface area (Å²) in [6.07, 6.45) is -0.497. The predicted molar refractivity (Wildman–Crippen MR) is 85.3 cm³/mol. The average molecular weight is 296 g/mol. The Labute approximate surface area is 127 Å². The van der Waals surface area contributed by atoms with E-state index in [1.807, 2.05) is 30.3 Å². The topological polar surface area (TPSA) is 107 Å². The molecular formula is C16H16N4O2. The molecule has 0 amide bonds. The zero-order valence-electron chi connectivity index (χ0n) is 11.8. The van der Waals surface area contributed by atoms with Gasteiger partial charge in [0.05, 0.1) is 17.5 Å². The summed E-state index contributed by atoms with van der Waals surface area (Å²) in [4.78, 5) is 8.12. The fraction of sp³-hybridized carbons (Fsp3) is 0.125. The van der Waals surface area contributed by atoms with Gasteiger partial charge in [-0.05, 0) is 17.7 Å². The molecule has 2 aromatic carbocycles. The third kappa shape index (κ3) is 2.64. The molecule has 0 aliphatic heterocycles. The van der Waals surface area contributed by atoms with Gasteiger partial charge in [-0.3, -0.25) is 0 Å². The number of aromatic nitrogens is 2. The first-order valence-electron chi connectivity index (χ1n) is 6.83. The second-order valence-electron chi connectivity index (χ2n) is 4.82. The molecule has 1 aromatic heterocycles. The molecule has 0 saturated carbocycles. The lowest BCUT2D eigenvalue weighted by Gasteiger charge is -2.19. The molecule has 0 fully saturated rings. The van der Waals surface area contributed by atoms with Crippen LogP contribution in [0.3, 0.4) is 0 Å². The van der Waals surface area contributed by atoms with E-state index in [1.165, 1.54) is 0 Å². The van der Waals surface area contributed by atoms with E-state index >= 15 is 0 Å². The highest BCUT2D eigenvalue weighted by molar-refractivity contribution is 5.94. The first kappa shape index (κ1) is 14.1. The van der Waals surface area contributed by atoms with Gasteiger partial charge in [0.15, 0.2) is 0 Å². The molecular weight excluding hydrogens is 280 g/mol. The quantitative estimate of drug-likeness (QED) is 0.679. The molecule has 3 aromatic rings. The lowest BCUT2D eigenvalue weighted by molar-refractivity contribution is 0.118. The summed E-state index contributed by atoms with van der Waals surface area (Å²) in [7, 11) is 0. The van der Waals surface area contributed by atoms with Crippen molar-refractivity contribution < 1.29 is 9.84 Å². The van der Waals surface area contributed by atoms with Crippen molar-refractivity contribution in [3.63, 3.8) is 0 Å². The second kappa shape index (κ2) is 5.87. The molecule has 0 bridgehead atoms. The first-order chi connectivity index (χ1) is 10.7. The Hall–Kier alpha value is -2.86. The van der Waals surface area contributed by atoms with E-state index in [2.05, 4.69) is 9.97 Å². The molecule has 0 spiro atoms. The van der Waals surface area contributed by atoms with Crippen LogP contribution in [0.4, 0.5) is 11.8 Å². The monoisotopic (exact) mass is 296 g/mol. The summed E-state index contributed by atoms with van der Waals surface area (Å²) >= 11 is 0. The van der Waals surface area contributed by atoms with Crippen LogP contribution in [0.5, 0.6) is 5.75 Å². The van der Waals surface area contributed by atoms with Gasteiger partial charge in [-0.2, -0.15) is 4.98 Å². The molecule has 22 heavy (non-hydrogen) atoms. The van der Waals surface area contributed by atoms with Crippen LogP contribution in [0.1, 0.15) is 11.7 Å². The second-order valence-corrected chi connectivity index (χ2v) is 4.82. The molecule has 0 radical (unpaired) electrons. The Morgan fingerprint density at radius 3 is 2.50 bits per heavy atom. The highest BCUT2D eigenvalue weighted by Gasteiger charge is 2.16. The van der Waals surface area contributed by atoms with E-state index < -0.39 is 6.10 Å². The number of benzene rings is 2. The first-order valence-corrected chi connectivity index (χ1v) is 6.83. The van der Waals surface area contributed by atoms with Crippen molar-refractivity contribution in [1.82, 2.24) is 9.97 Å². The molecule has 5 N–H and O–H groups in total. The van der Waals surface area contributed by atoms with Crippen LogP contribution in [-0.4, -0.2) is 21.7 Å². The summed E-state index contributed by atoms with van der Waals surface area (Å²) in [5, 5.41) is 10.2. The van der Waals surface area contributed by atoms with E-state index in [9.17, 15) is 5.11 Å². The van der Waals surface area contributed by atoms with E-state index in [0.717, 1.165) is 5.56 Å². The van der Waals surface area contributed by atoms with Gasteiger partial charge in [-0.15, -0.1) is 0 Å². The third-order valence-corrected chi connectivity index (χ3v) is 3.34. The number of hydrogen-bond acceptors (Lipinski definition) is 6. The van der Waals surface area contributed by atoms with E-state index in [4.69, 9.17) is 16.2 Å². The van der Waals surface area contributed by atoms with E-state index in [-0.39, 0.29) is 18.4 Å². The smallest absolute Gasteiger partial charge is 0.222 e. The molecule has 112 valence electrons. The largest absolute Gasteiger partial charge is 0.482 e. The minimum Gasteiger partial charge on any atom is -0.482 e. The molecule has 6 nitrogen and oxygen atoms in total. The number of nitrogens with zero attached hydrogens (tertiary/aromatic N) is 2. The highest BCUT2D eigenvalue weighted by atomic mass is 16.5. The minimum absolute atomic E-state index is 0.115. The Kier molecular flexibility index (Phi) is 3.76. The average Bonchev–Trinajstić information content (AvgIpc) is 2.53. The third-order valence-electron chi connectivity index (χ3n) is 3.34. The fourth-order valence-electron chi connectivity index (χ4n) is 2.33. The summed E-state index contributed by atoms with van der Waals surface area (Å²) in [6, 6.07) is 14.8. The molecule has 0 saturated heterocycles. The van der Waals surface area contributed by atoms with Crippen molar-refractivity contribution in [2.24, 2.45) is 0 Å². The molecule has 6 heteroatoms. The number of rotatable bonds is 4. The van der Waals surface area contributed by atoms with Gasteiger partial charge >= 0.3 is 0 Å². The van der Waals surface area contributed by atoms with Gasteiger partial charge in [0, 0.05) is 0 Å². The Morgan fingerprint density at radius 2 is 1.77 bits per heavy atom. The molecule has 3 rings (SSSR count). The molecule has 1 unspecified atom stereocenters. The van der Waals surface area contributed by atoms with Crippen LogP contribution in [0.25, 0.3) is 10.9 Å². The molecule has 0 aliphatic carbocycles. The standard InChI is InChI=1S/C16H16N4O2/c17-15-14-11(19-16(18)20-15)7-4-8-12(14)22-13(9-21)10-5-2-1-3-6-10/h1-8,13,21H,9H2,(H4,17,18,19,20). The number of aliphatic hydroxyl groups excluding tert-OH is 1. The molecule has 1 atom stereocenters. The number of aliphatic hydroxyl groups is 1. The van der Waals surface area contributed by atoms with Crippen LogP contribution in [-0.2, 0) is 0 Å². The van der Waals surface area contributed by atoms with E-state index in [0.29, 0.717) is 16.7 Å². The fourth-order valence-corrected chi connectivity index (χ4v) is 2.33. The summed E-state index contributed by atoms with van der Waals surface area (Å²) in [6.45, 7) is -0.157. The number of fused-ring (bicyclic) bond motifs is 1. The Balaban J connectivity index is 2.03. The Morgan fingerprint density at radius 1 is 1.00 bits per heavy atom. The maximum atomic E-state index is 9.62. The van der Waals surface area contributed by atoms with Crippen LogP contribution < -0.4 is 16.2 Å². The zero-order valence-corrected chi connectivity index (χ0v) is 11.8. The van der Waals surface area contributed by atoms with Crippen LogP contribution >= 0.6 is 0 Å². The number of nitrogen functional groups attached to an aromatic ring is 2. The van der Waals surface area contributed by atoms with Gasteiger partial charge < -0.3 is 21.3 Å². The maximum Gasteiger partial charge on any atom is 0.222 e. The molecule has 0 aliphatic rings. The summed E-state index contributed by atoms with van der Waals surface area (Å²) < 4.78 is 5.93. The van der Waals surface area contributed by atoms with Crippen molar-refractivity contribution in [1.29, 1.82) is 0 Å². The van der Waals surface area contributed by atoms with Crippen LogP contribution in [0.2, 0.25) is 0 Å². The van der Waals surface area contributed by atoms with Gasteiger partial charge in [0.1, 0.15) is 17.7 Å². The van der Waals surface area contributed by atoms with Crippen molar-refractivity contribution in [3.05, 3.63) is 54.1 Å². The van der Waals surface area contributed by atoms with Gasteiger partial charge in [0.25, 0.3) is 0 Å². The SMILES string of the molecule is Nc1nc(N)c2c(OC(CO)c3ccccc3)cccc2n1. The van der Waals surface area contributed by atoms with Crippen molar-refractivity contribution in [2.45, 2.75) is 6.10 Å². The van der Waals surface area contributed by atoms with Gasteiger partial charge in [-0.25, -0.2) is 4.98 Å². The normalized spacial score (nSPS) is 12.2. The van der Waals surface area contributed by atoms with Crippen molar-refractivity contribution in [3.8, 4) is 5.75 Å². The lowest BCUT2D eigenvalue weighted by Crippen LogP contribution is -2.12. The highest BCUT2D eigenvalue weighted by Crippen LogP contribution is 2.32. The van der Waals surface area contributed by atoms with Crippen LogP contribution in [0.15, 0.2) is 48.5 Å².